The summed E-state index contributed by atoms with van der Waals surface area (Å²) in [5.74, 6) is 1.09. The summed E-state index contributed by atoms with van der Waals surface area (Å²) in [6.07, 6.45) is 0. The molecule has 0 saturated carbocycles. The molecule has 3 heterocycles. The number of hydrogen-bond acceptors (Lipinski definition) is 6. The van der Waals surface area contributed by atoms with Gasteiger partial charge in [0.05, 0.1) is 15.9 Å². The fourth-order valence-electron chi connectivity index (χ4n) is 2.06. The van der Waals surface area contributed by atoms with Gasteiger partial charge in [0.2, 0.25) is 0 Å². The molecule has 9 heteroatoms. The van der Waals surface area contributed by atoms with Gasteiger partial charge in [-0.25, -0.2) is 0 Å². The molecule has 1 atom stereocenters. The van der Waals surface area contributed by atoms with Crippen molar-refractivity contribution >= 4 is 46.9 Å². The molecule has 0 aromatic carbocycles. The van der Waals surface area contributed by atoms with Crippen LogP contribution in [0.1, 0.15) is 11.9 Å². The molecular weight excluding hydrogens is 343 g/mol. The number of hydrogen-bond donors (Lipinski definition) is 1. The second kappa shape index (κ2) is 6.60. The molecule has 1 unspecified atom stereocenters. The minimum absolute atomic E-state index is 0. The number of rotatable bonds is 2. The van der Waals surface area contributed by atoms with Crippen molar-refractivity contribution in [2.75, 3.05) is 26.7 Å². The van der Waals surface area contributed by atoms with E-state index in [1.807, 2.05) is 0 Å². The highest BCUT2D eigenvalue weighted by molar-refractivity contribution is 7.20. The predicted octanol–water partition coefficient (Wildman–Crippen LogP) is 3.10. The Bertz CT molecular complexity index is 588. The lowest BCUT2D eigenvalue weighted by Crippen LogP contribution is -2.44. The Labute approximate surface area is 136 Å². The monoisotopic (exact) mass is 354 g/mol. The zero-order chi connectivity index (χ0) is 13.4. The molecular formula is C11H13Cl3N4OS. The SMILES string of the molecule is CN1CCNCC1c1noc(-c2cc(Cl)sc2Cl)n1.Cl. The minimum Gasteiger partial charge on any atom is -0.334 e. The first-order valence-electron chi connectivity index (χ1n) is 5.85. The summed E-state index contributed by atoms with van der Waals surface area (Å²) in [4.78, 5) is 6.63. The predicted molar refractivity (Wildman–Crippen MR) is 83.1 cm³/mol. The van der Waals surface area contributed by atoms with Gasteiger partial charge in [-0.05, 0) is 13.1 Å². The lowest BCUT2D eigenvalue weighted by atomic mass is 10.2. The van der Waals surface area contributed by atoms with E-state index in [1.165, 1.54) is 11.3 Å². The largest absolute Gasteiger partial charge is 0.334 e. The van der Waals surface area contributed by atoms with Gasteiger partial charge in [0, 0.05) is 19.6 Å². The van der Waals surface area contributed by atoms with Crippen LogP contribution < -0.4 is 5.32 Å². The molecule has 2 aromatic rings. The van der Waals surface area contributed by atoms with E-state index in [1.54, 1.807) is 6.07 Å². The van der Waals surface area contributed by atoms with Gasteiger partial charge in [-0.1, -0.05) is 28.4 Å². The normalized spacial score (nSPS) is 19.9. The van der Waals surface area contributed by atoms with Gasteiger partial charge in [0.15, 0.2) is 5.82 Å². The first kappa shape index (κ1) is 16.0. The highest BCUT2D eigenvalue weighted by atomic mass is 35.5. The number of likely N-dealkylation sites (N-methyl/N-ethyl adjacent to an activating group) is 1. The molecule has 2 aromatic heterocycles. The molecule has 0 aliphatic carbocycles. The third-order valence-corrected chi connectivity index (χ3v) is 4.63. The van der Waals surface area contributed by atoms with Gasteiger partial charge in [0.25, 0.3) is 5.89 Å². The van der Waals surface area contributed by atoms with Gasteiger partial charge in [-0.2, -0.15) is 4.98 Å². The average Bonchev–Trinajstić information content (AvgIpc) is 2.96. The van der Waals surface area contributed by atoms with Gasteiger partial charge in [-0.15, -0.1) is 23.7 Å². The standard InChI is InChI=1S/C11H12Cl2N4OS.ClH/c1-17-3-2-14-5-7(17)10-15-11(18-16-10)6-4-8(12)19-9(6)13;/h4,7,14H,2-3,5H2,1H3;1H. The molecule has 110 valence electrons. The van der Waals surface area contributed by atoms with Crippen LogP contribution in [0.2, 0.25) is 8.67 Å². The van der Waals surface area contributed by atoms with E-state index >= 15 is 0 Å². The number of nitrogens with one attached hydrogen (secondary N) is 1. The topological polar surface area (TPSA) is 54.2 Å². The van der Waals surface area contributed by atoms with E-state index < -0.39 is 0 Å². The van der Waals surface area contributed by atoms with E-state index in [0.717, 1.165) is 19.6 Å². The highest BCUT2D eigenvalue weighted by Gasteiger charge is 2.26. The second-order valence-electron chi connectivity index (χ2n) is 4.40. The number of nitrogens with zero attached hydrogens (tertiary/aromatic N) is 3. The Kier molecular flexibility index (Phi) is 5.28. The maximum Gasteiger partial charge on any atom is 0.260 e. The Balaban J connectivity index is 0.00000147. The van der Waals surface area contributed by atoms with Crippen LogP contribution >= 0.6 is 46.9 Å². The van der Waals surface area contributed by atoms with E-state index in [2.05, 4.69) is 27.4 Å². The van der Waals surface area contributed by atoms with E-state index in [4.69, 9.17) is 27.7 Å². The summed E-state index contributed by atoms with van der Waals surface area (Å²) in [7, 11) is 2.05. The summed E-state index contributed by atoms with van der Waals surface area (Å²) < 4.78 is 6.47. The lowest BCUT2D eigenvalue weighted by molar-refractivity contribution is 0.190. The maximum atomic E-state index is 6.09. The fraction of sp³-hybridized carbons (Fsp3) is 0.455. The van der Waals surface area contributed by atoms with Gasteiger partial charge in [0.1, 0.15) is 4.34 Å². The van der Waals surface area contributed by atoms with Crippen LogP contribution in [0.25, 0.3) is 11.5 Å². The van der Waals surface area contributed by atoms with Crippen molar-refractivity contribution in [2.45, 2.75) is 6.04 Å². The molecule has 1 aliphatic rings. The van der Waals surface area contributed by atoms with Crippen molar-refractivity contribution in [1.82, 2.24) is 20.4 Å². The lowest BCUT2D eigenvalue weighted by Gasteiger charge is -2.30. The Hall–Kier alpha value is -0.370. The van der Waals surface area contributed by atoms with Crippen molar-refractivity contribution in [3.8, 4) is 11.5 Å². The third kappa shape index (κ3) is 3.10. The molecule has 5 nitrogen and oxygen atoms in total. The summed E-state index contributed by atoms with van der Waals surface area (Å²) in [5, 5.41) is 7.37. The van der Waals surface area contributed by atoms with Crippen LogP contribution in [-0.2, 0) is 0 Å². The van der Waals surface area contributed by atoms with Gasteiger partial charge < -0.3 is 9.84 Å². The van der Waals surface area contributed by atoms with Crippen molar-refractivity contribution in [2.24, 2.45) is 0 Å². The van der Waals surface area contributed by atoms with Gasteiger partial charge >= 0.3 is 0 Å². The molecule has 0 amide bonds. The fourth-order valence-corrected chi connectivity index (χ4v) is 3.51. The Morgan fingerprint density at radius 2 is 2.30 bits per heavy atom. The molecule has 3 rings (SSSR count). The number of thiophene rings is 1. The zero-order valence-corrected chi connectivity index (χ0v) is 13.7. The molecule has 20 heavy (non-hydrogen) atoms. The molecule has 1 aliphatic heterocycles. The molecule has 0 radical (unpaired) electrons. The van der Waals surface area contributed by atoms with Crippen molar-refractivity contribution < 1.29 is 4.52 Å². The second-order valence-corrected chi connectivity index (χ2v) is 6.68. The first-order valence-corrected chi connectivity index (χ1v) is 7.42. The molecule has 0 bridgehead atoms. The van der Waals surface area contributed by atoms with E-state index in [0.29, 0.717) is 26.0 Å². The quantitative estimate of drug-likeness (QED) is 0.897. The summed E-state index contributed by atoms with van der Waals surface area (Å²) in [6, 6.07) is 1.87. The van der Waals surface area contributed by atoms with Crippen LogP contribution in [0, 0.1) is 0 Å². The van der Waals surface area contributed by atoms with Crippen LogP contribution in [0.15, 0.2) is 10.6 Å². The van der Waals surface area contributed by atoms with Crippen LogP contribution in [0.5, 0.6) is 0 Å². The first-order chi connectivity index (χ1) is 9.15. The number of halogens is 3. The smallest absolute Gasteiger partial charge is 0.260 e. The molecule has 1 saturated heterocycles. The Morgan fingerprint density at radius 3 is 2.95 bits per heavy atom. The van der Waals surface area contributed by atoms with Crippen LogP contribution in [0.3, 0.4) is 0 Å². The zero-order valence-electron chi connectivity index (χ0n) is 10.6. The summed E-state index contributed by atoms with van der Waals surface area (Å²) >= 11 is 13.3. The van der Waals surface area contributed by atoms with Crippen molar-refractivity contribution in [3.05, 3.63) is 20.6 Å². The van der Waals surface area contributed by atoms with Crippen LogP contribution in [0.4, 0.5) is 0 Å². The summed E-state index contributed by atoms with van der Waals surface area (Å²) in [5.41, 5.74) is 0.696. The molecule has 0 spiro atoms. The minimum atomic E-state index is 0. The number of aromatic nitrogens is 2. The van der Waals surface area contributed by atoms with E-state index in [9.17, 15) is 0 Å². The van der Waals surface area contributed by atoms with Gasteiger partial charge in [-0.3, -0.25) is 4.90 Å². The summed E-state index contributed by atoms with van der Waals surface area (Å²) in [6.45, 7) is 2.75. The molecule has 1 fully saturated rings. The van der Waals surface area contributed by atoms with E-state index in [-0.39, 0.29) is 18.4 Å². The maximum absolute atomic E-state index is 6.09. The third-order valence-electron chi connectivity index (χ3n) is 3.14. The highest BCUT2D eigenvalue weighted by Crippen LogP contribution is 2.37. The molecule has 1 N–H and O–H groups in total. The van der Waals surface area contributed by atoms with Crippen LogP contribution in [-0.4, -0.2) is 41.7 Å². The number of piperazine rings is 1. The van der Waals surface area contributed by atoms with Crippen molar-refractivity contribution in [3.63, 3.8) is 0 Å². The average molecular weight is 356 g/mol. The van der Waals surface area contributed by atoms with Crippen molar-refractivity contribution in [1.29, 1.82) is 0 Å². The Morgan fingerprint density at radius 1 is 1.50 bits per heavy atom.